The molecule has 0 aliphatic heterocycles. The van der Waals surface area contributed by atoms with Gasteiger partial charge in [-0.1, -0.05) is 35.3 Å². The Morgan fingerprint density at radius 1 is 1.43 bits per heavy atom. The third kappa shape index (κ3) is 1.90. The van der Waals surface area contributed by atoms with Gasteiger partial charge in [-0.3, -0.25) is 0 Å². The highest BCUT2D eigenvalue weighted by Gasteiger charge is 2.38. The summed E-state index contributed by atoms with van der Waals surface area (Å²) in [6.45, 7) is 1.06. The Morgan fingerprint density at radius 3 is 2.93 bits per heavy atom. The highest BCUT2D eigenvalue weighted by molar-refractivity contribution is 6.42. The summed E-state index contributed by atoms with van der Waals surface area (Å²) < 4.78 is 0. The molecule has 2 atom stereocenters. The lowest BCUT2D eigenvalue weighted by Gasteiger charge is -2.04. The maximum atomic E-state index is 6.14. The summed E-state index contributed by atoms with van der Waals surface area (Å²) in [6, 6.07) is 5.88. The normalized spacial score (nSPS) is 25.1. The molecule has 1 saturated carbocycles. The molecule has 3 heteroatoms. The van der Waals surface area contributed by atoms with Crippen LogP contribution in [0.3, 0.4) is 0 Å². The minimum absolute atomic E-state index is 0.605. The van der Waals surface area contributed by atoms with Crippen LogP contribution >= 0.6 is 23.2 Å². The zero-order valence-electron chi connectivity index (χ0n) is 8.06. The van der Waals surface area contributed by atoms with E-state index in [4.69, 9.17) is 23.2 Å². The highest BCUT2D eigenvalue weighted by atomic mass is 35.5. The fraction of sp³-hybridized carbons (Fsp3) is 0.455. The number of halogens is 2. The standard InChI is InChI=1S/C11H13Cl2N/c1-14-6-7-5-9(7)8-3-2-4-10(12)11(8)13/h2-4,7,9,14H,5-6H2,1H3/t7-,9-/m0/s1. The SMILES string of the molecule is CNC[C@@H]1C[C@@H]1c1cccc(Cl)c1Cl. The molecule has 1 nitrogen and oxygen atoms in total. The Kier molecular flexibility index (Phi) is 3.01. The van der Waals surface area contributed by atoms with Crippen molar-refractivity contribution in [3.8, 4) is 0 Å². The zero-order chi connectivity index (χ0) is 10.1. The van der Waals surface area contributed by atoms with Gasteiger partial charge in [-0.2, -0.15) is 0 Å². The largest absolute Gasteiger partial charge is 0.319 e. The lowest BCUT2D eigenvalue weighted by atomic mass is 10.1. The topological polar surface area (TPSA) is 12.0 Å². The molecule has 1 aliphatic rings. The van der Waals surface area contributed by atoms with Gasteiger partial charge in [0.2, 0.25) is 0 Å². The Labute approximate surface area is 94.4 Å². The van der Waals surface area contributed by atoms with E-state index in [2.05, 4.69) is 11.4 Å². The van der Waals surface area contributed by atoms with E-state index in [1.807, 2.05) is 19.2 Å². The molecule has 1 aromatic carbocycles. The number of nitrogens with one attached hydrogen (secondary N) is 1. The van der Waals surface area contributed by atoms with Crippen molar-refractivity contribution in [3.05, 3.63) is 33.8 Å². The predicted octanol–water partition coefficient (Wildman–Crippen LogP) is 3.32. The summed E-state index contributed by atoms with van der Waals surface area (Å²) in [5.74, 6) is 1.34. The Hall–Kier alpha value is -0.240. The Morgan fingerprint density at radius 2 is 2.21 bits per heavy atom. The van der Waals surface area contributed by atoms with E-state index in [0.717, 1.165) is 17.5 Å². The van der Waals surface area contributed by atoms with Crippen molar-refractivity contribution in [1.29, 1.82) is 0 Å². The van der Waals surface area contributed by atoms with Gasteiger partial charge in [-0.15, -0.1) is 0 Å². The highest BCUT2D eigenvalue weighted by Crippen LogP contribution is 2.50. The van der Waals surface area contributed by atoms with Crippen LogP contribution < -0.4 is 5.32 Å². The Bertz CT molecular complexity index is 338. The second kappa shape index (κ2) is 4.09. The van der Waals surface area contributed by atoms with E-state index in [0.29, 0.717) is 10.9 Å². The predicted molar refractivity (Wildman–Crippen MR) is 61.2 cm³/mol. The fourth-order valence-electron chi connectivity index (χ4n) is 1.92. The van der Waals surface area contributed by atoms with E-state index in [1.54, 1.807) is 0 Å². The smallest absolute Gasteiger partial charge is 0.0627 e. The van der Waals surface area contributed by atoms with Gasteiger partial charge in [0.25, 0.3) is 0 Å². The van der Waals surface area contributed by atoms with Crippen LogP contribution in [0.25, 0.3) is 0 Å². The Balaban J connectivity index is 2.15. The molecule has 1 aliphatic carbocycles. The molecule has 0 aromatic heterocycles. The van der Waals surface area contributed by atoms with Crippen LogP contribution in [-0.4, -0.2) is 13.6 Å². The first-order valence-corrected chi connectivity index (χ1v) is 5.58. The molecular formula is C11H13Cl2N. The average Bonchev–Trinajstić information content (AvgIpc) is 2.90. The molecule has 1 fully saturated rings. The minimum atomic E-state index is 0.605. The van der Waals surface area contributed by atoms with Gasteiger partial charge in [-0.25, -0.2) is 0 Å². The monoisotopic (exact) mass is 229 g/mol. The summed E-state index contributed by atoms with van der Waals surface area (Å²) in [4.78, 5) is 0. The summed E-state index contributed by atoms with van der Waals surface area (Å²) in [5, 5.41) is 4.59. The van der Waals surface area contributed by atoms with Crippen LogP contribution in [0, 0.1) is 5.92 Å². The lowest BCUT2D eigenvalue weighted by molar-refractivity contribution is 0.698. The van der Waals surface area contributed by atoms with Crippen molar-refractivity contribution in [3.63, 3.8) is 0 Å². The fourth-order valence-corrected chi connectivity index (χ4v) is 2.37. The van der Waals surface area contributed by atoms with Gasteiger partial charge >= 0.3 is 0 Å². The van der Waals surface area contributed by atoms with E-state index in [-0.39, 0.29) is 0 Å². The molecule has 0 unspecified atom stereocenters. The summed E-state index contributed by atoms with van der Waals surface area (Å²) >= 11 is 12.1. The average molecular weight is 230 g/mol. The second-order valence-electron chi connectivity index (χ2n) is 3.80. The zero-order valence-corrected chi connectivity index (χ0v) is 9.57. The maximum Gasteiger partial charge on any atom is 0.0627 e. The first-order valence-electron chi connectivity index (χ1n) is 4.82. The van der Waals surface area contributed by atoms with Gasteiger partial charge in [0, 0.05) is 0 Å². The molecule has 76 valence electrons. The van der Waals surface area contributed by atoms with Crippen molar-refractivity contribution in [2.45, 2.75) is 12.3 Å². The van der Waals surface area contributed by atoms with E-state index >= 15 is 0 Å². The van der Waals surface area contributed by atoms with Crippen LogP contribution in [0.15, 0.2) is 18.2 Å². The van der Waals surface area contributed by atoms with E-state index in [1.165, 1.54) is 12.0 Å². The van der Waals surface area contributed by atoms with Gasteiger partial charge in [-0.05, 0) is 43.5 Å². The van der Waals surface area contributed by atoms with Crippen molar-refractivity contribution in [2.24, 2.45) is 5.92 Å². The number of benzene rings is 1. The van der Waals surface area contributed by atoms with E-state index in [9.17, 15) is 0 Å². The van der Waals surface area contributed by atoms with Crippen LogP contribution in [0.2, 0.25) is 10.0 Å². The number of hydrogen-bond acceptors (Lipinski definition) is 1. The van der Waals surface area contributed by atoms with E-state index < -0.39 is 0 Å². The van der Waals surface area contributed by atoms with Gasteiger partial charge in [0.05, 0.1) is 10.0 Å². The molecule has 0 spiro atoms. The molecule has 1 N–H and O–H groups in total. The van der Waals surface area contributed by atoms with Gasteiger partial charge in [0.1, 0.15) is 0 Å². The summed E-state index contributed by atoms with van der Waals surface area (Å²) in [5.41, 5.74) is 1.21. The van der Waals surface area contributed by atoms with Gasteiger partial charge < -0.3 is 5.32 Å². The second-order valence-corrected chi connectivity index (χ2v) is 4.59. The third-order valence-corrected chi connectivity index (χ3v) is 3.60. The molecule has 2 rings (SSSR count). The van der Waals surface area contributed by atoms with Gasteiger partial charge in [0.15, 0.2) is 0 Å². The molecule has 0 amide bonds. The molecule has 0 bridgehead atoms. The molecule has 14 heavy (non-hydrogen) atoms. The third-order valence-electron chi connectivity index (χ3n) is 2.77. The van der Waals surface area contributed by atoms with Crippen LogP contribution in [0.5, 0.6) is 0 Å². The molecule has 1 aromatic rings. The van der Waals surface area contributed by atoms with Crippen LogP contribution in [0.4, 0.5) is 0 Å². The summed E-state index contributed by atoms with van der Waals surface area (Å²) in [6.07, 6.45) is 1.22. The minimum Gasteiger partial charge on any atom is -0.319 e. The van der Waals surface area contributed by atoms with Crippen molar-refractivity contribution >= 4 is 23.2 Å². The van der Waals surface area contributed by atoms with Crippen molar-refractivity contribution in [2.75, 3.05) is 13.6 Å². The molecule has 0 heterocycles. The van der Waals surface area contributed by atoms with Crippen molar-refractivity contribution in [1.82, 2.24) is 5.32 Å². The number of hydrogen-bond donors (Lipinski definition) is 1. The number of rotatable bonds is 3. The summed E-state index contributed by atoms with van der Waals surface area (Å²) in [7, 11) is 1.98. The molecular weight excluding hydrogens is 217 g/mol. The molecule has 0 radical (unpaired) electrons. The lowest BCUT2D eigenvalue weighted by Crippen LogP contribution is -2.10. The first-order chi connectivity index (χ1) is 6.74. The van der Waals surface area contributed by atoms with Crippen LogP contribution in [-0.2, 0) is 0 Å². The van der Waals surface area contributed by atoms with Crippen LogP contribution in [0.1, 0.15) is 17.9 Å². The molecule has 0 saturated heterocycles. The van der Waals surface area contributed by atoms with Crippen molar-refractivity contribution < 1.29 is 0 Å². The quantitative estimate of drug-likeness (QED) is 0.839. The first kappa shape index (κ1) is 10.3. The maximum absolute atomic E-state index is 6.14.